The van der Waals surface area contributed by atoms with E-state index in [2.05, 4.69) is 26.0 Å². The molecule has 7 heteroatoms. The monoisotopic (exact) mass is 567 g/mol. The Bertz CT molecular complexity index is 1190. The van der Waals surface area contributed by atoms with Gasteiger partial charge in [0, 0.05) is 32.2 Å². The quantitative estimate of drug-likeness (QED) is 0.383. The molecule has 4 aliphatic rings. The van der Waals surface area contributed by atoms with Crippen molar-refractivity contribution in [2.75, 3.05) is 41.0 Å². The third-order valence-electron chi connectivity index (χ3n) is 11.3. The van der Waals surface area contributed by atoms with Crippen molar-refractivity contribution in [2.45, 2.75) is 83.3 Å². The number of methoxy groups -OCH3 is 3. The van der Waals surface area contributed by atoms with Gasteiger partial charge < -0.3 is 29.3 Å². The first-order valence-electron chi connectivity index (χ1n) is 15.4. The Balaban J connectivity index is 1.37. The Morgan fingerprint density at radius 1 is 1.00 bits per heavy atom. The fourth-order valence-corrected chi connectivity index (χ4v) is 8.64. The molecule has 41 heavy (non-hydrogen) atoms. The fourth-order valence-electron chi connectivity index (χ4n) is 8.64. The van der Waals surface area contributed by atoms with Crippen molar-refractivity contribution >= 4 is 5.91 Å². The van der Waals surface area contributed by atoms with E-state index in [1.807, 2.05) is 23.1 Å². The molecule has 0 aliphatic heterocycles. The number of rotatable bonds is 10. The van der Waals surface area contributed by atoms with E-state index in [4.69, 9.17) is 14.2 Å². The lowest BCUT2D eigenvalue weighted by Crippen LogP contribution is -2.57. The Morgan fingerprint density at radius 2 is 1.76 bits per heavy atom. The van der Waals surface area contributed by atoms with Crippen LogP contribution in [-0.4, -0.2) is 73.8 Å². The lowest BCUT2D eigenvalue weighted by Gasteiger charge is -2.56. The van der Waals surface area contributed by atoms with E-state index in [1.165, 1.54) is 11.1 Å². The first-order valence-corrected chi connectivity index (χ1v) is 15.4. The second kappa shape index (κ2) is 11.7. The van der Waals surface area contributed by atoms with E-state index >= 15 is 0 Å². The van der Waals surface area contributed by atoms with Gasteiger partial charge in [-0.25, -0.2) is 0 Å². The molecule has 5 rings (SSSR count). The highest BCUT2D eigenvalue weighted by Gasteiger charge is 2.62. The van der Waals surface area contributed by atoms with E-state index in [1.54, 1.807) is 21.3 Å². The third-order valence-corrected chi connectivity index (χ3v) is 11.3. The molecule has 4 aliphatic carbocycles. The first kappa shape index (κ1) is 30.1. The Morgan fingerprint density at radius 3 is 2.49 bits per heavy atom. The van der Waals surface area contributed by atoms with Crippen LogP contribution in [0.3, 0.4) is 0 Å². The van der Waals surface area contributed by atoms with E-state index in [0.29, 0.717) is 49.5 Å². The second-order valence-corrected chi connectivity index (χ2v) is 13.3. The van der Waals surface area contributed by atoms with Crippen LogP contribution in [0.4, 0.5) is 0 Å². The van der Waals surface area contributed by atoms with Gasteiger partial charge >= 0.3 is 0 Å². The van der Waals surface area contributed by atoms with Crippen LogP contribution in [0.5, 0.6) is 11.5 Å². The van der Waals surface area contributed by atoms with Crippen molar-refractivity contribution in [3.05, 3.63) is 47.1 Å². The minimum Gasteiger partial charge on any atom is -0.493 e. The van der Waals surface area contributed by atoms with E-state index in [9.17, 15) is 15.0 Å². The van der Waals surface area contributed by atoms with Crippen LogP contribution >= 0.6 is 0 Å². The minimum atomic E-state index is -0.961. The molecule has 1 amide bonds. The summed E-state index contributed by atoms with van der Waals surface area (Å²) in [5.41, 5.74) is 2.58. The molecule has 6 atom stereocenters. The number of aliphatic hydroxyl groups excluding tert-OH is 1. The summed E-state index contributed by atoms with van der Waals surface area (Å²) in [6.45, 7) is 6.10. The van der Waals surface area contributed by atoms with Crippen LogP contribution in [0.1, 0.15) is 70.8 Å². The third kappa shape index (κ3) is 5.34. The van der Waals surface area contributed by atoms with Gasteiger partial charge in [-0.05, 0) is 86.3 Å². The lowest BCUT2D eigenvalue weighted by atomic mass is 9.50. The van der Waals surface area contributed by atoms with Gasteiger partial charge in [-0.3, -0.25) is 4.79 Å². The maximum absolute atomic E-state index is 13.8. The SMILES string of the molecule is COCCCN(CC1(O)CCC2C3=CC=C4CC(O)CCC4(C)C3CCC21C)C(=O)Cc1ccc(OC)c(OC)c1. The van der Waals surface area contributed by atoms with E-state index in [0.717, 1.165) is 50.5 Å². The van der Waals surface area contributed by atoms with Gasteiger partial charge in [0.15, 0.2) is 11.5 Å². The van der Waals surface area contributed by atoms with E-state index in [-0.39, 0.29) is 29.3 Å². The fraction of sp³-hybridized carbons (Fsp3) is 0.676. The Hall–Kier alpha value is -2.35. The van der Waals surface area contributed by atoms with Crippen LogP contribution in [0, 0.1) is 22.7 Å². The lowest BCUT2D eigenvalue weighted by molar-refractivity contribution is -0.142. The number of fused-ring (bicyclic) bond motifs is 5. The summed E-state index contributed by atoms with van der Waals surface area (Å²) in [7, 11) is 4.87. The number of ether oxygens (including phenoxy) is 3. The number of amides is 1. The molecule has 6 unspecified atom stereocenters. The van der Waals surface area contributed by atoms with Crippen LogP contribution < -0.4 is 9.47 Å². The molecule has 0 spiro atoms. The number of nitrogens with zero attached hydrogens (tertiary/aromatic N) is 1. The molecule has 226 valence electrons. The smallest absolute Gasteiger partial charge is 0.227 e. The largest absolute Gasteiger partial charge is 0.493 e. The van der Waals surface area contributed by atoms with Crippen LogP contribution in [0.25, 0.3) is 0 Å². The molecule has 2 N–H and O–H groups in total. The van der Waals surface area contributed by atoms with Crippen molar-refractivity contribution in [1.82, 2.24) is 4.90 Å². The molecule has 1 aromatic carbocycles. The summed E-state index contributed by atoms with van der Waals surface area (Å²) in [5, 5.41) is 22.7. The van der Waals surface area contributed by atoms with Crippen molar-refractivity contribution < 1.29 is 29.2 Å². The van der Waals surface area contributed by atoms with Crippen molar-refractivity contribution in [1.29, 1.82) is 0 Å². The summed E-state index contributed by atoms with van der Waals surface area (Å²) >= 11 is 0. The summed E-state index contributed by atoms with van der Waals surface area (Å²) < 4.78 is 16.1. The number of carbonyl (C=O) groups excluding carboxylic acids is 1. The van der Waals surface area contributed by atoms with Gasteiger partial charge in [0.05, 0.1) is 32.3 Å². The van der Waals surface area contributed by atoms with Gasteiger partial charge in [-0.15, -0.1) is 0 Å². The Kier molecular flexibility index (Phi) is 8.62. The van der Waals surface area contributed by atoms with Crippen molar-refractivity contribution in [3.63, 3.8) is 0 Å². The average molecular weight is 568 g/mol. The minimum absolute atomic E-state index is 0.000199. The number of hydrogen-bond donors (Lipinski definition) is 2. The molecule has 0 heterocycles. The van der Waals surface area contributed by atoms with Crippen LogP contribution in [-0.2, 0) is 16.0 Å². The standard InChI is InChI=1S/C34H49NO6/c1-32-14-11-25(36)21-24(32)8-9-26-27(32)12-15-33(2)28(26)13-16-34(33,38)22-35(17-6-18-39-3)31(37)20-23-7-10-29(40-4)30(19-23)41-5/h7-10,19,25,27-28,36,38H,6,11-18,20-22H2,1-5H3. The Labute approximate surface area is 245 Å². The molecule has 3 saturated carbocycles. The maximum atomic E-state index is 13.8. The normalized spacial score (nSPS) is 34.1. The molecular weight excluding hydrogens is 518 g/mol. The van der Waals surface area contributed by atoms with Gasteiger partial charge in [0.2, 0.25) is 5.91 Å². The summed E-state index contributed by atoms with van der Waals surface area (Å²) in [6.07, 6.45) is 11.6. The molecule has 0 aromatic heterocycles. The predicted molar refractivity (Wildman–Crippen MR) is 159 cm³/mol. The van der Waals surface area contributed by atoms with Crippen molar-refractivity contribution in [3.8, 4) is 11.5 Å². The molecule has 0 radical (unpaired) electrons. The molecule has 0 saturated heterocycles. The predicted octanol–water partition coefficient (Wildman–Crippen LogP) is 5.09. The summed E-state index contributed by atoms with van der Waals surface area (Å²) in [4.78, 5) is 15.6. The molecule has 7 nitrogen and oxygen atoms in total. The highest BCUT2D eigenvalue weighted by atomic mass is 16.5. The maximum Gasteiger partial charge on any atom is 0.227 e. The molecule has 3 fully saturated rings. The topological polar surface area (TPSA) is 88.5 Å². The number of hydrogen-bond acceptors (Lipinski definition) is 6. The molecule has 0 bridgehead atoms. The summed E-state index contributed by atoms with van der Waals surface area (Å²) in [6, 6.07) is 5.59. The highest BCUT2D eigenvalue weighted by molar-refractivity contribution is 5.79. The van der Waals surface area contributed by atoms with E-state index < -0.39 is 5.60 Å². The van der Waals surface area contributed by atoms with Gasteiger partial charge in [-0.1, -0.05) is 43.2 Å². The highest BCUT2D eigenvalue weighted by Crippen LogP contribution is 2.66. The zero-order chi connectivity index (χ0) is 29.4. The number of benzene rings is 1. The summed E-state index contributed by atoms with van der Waals surface area (Å²) in [5.74, 6) is 2.01. The van der Waals surface area contributed by atoms with Crippen LogP contribution in [0.2, 0.25) is 0 Å². The number of allylic oxidation sites excluding steroid dienone is 3. The van der Waals surface area contributed by atoms with Crippen molar-refractivity contribution in [2.24, 2.45) is 22.7 Å². The first-order chi connectivity index (χ1) is 19.6. The second-order valence-electron chi connectivity index (χ2n) is 13.3. The number of aliphatic hydroxyl groups is 2. The number of carbonyl (C=O) groups is 1. The zero-order valence-corrected chi connectivity index (χ0v) is 25.6. The van der Waals surface area contributed by atoms with Gasteiger partial charge in [-0.2, -0.15) is 0 Å². The molecular formula is C34H49NO6. The van der Waals surface area contributed by atoms with Crippen LogP contribution in [0.15, 0.2) is 41.5 Å². The zero-order valence-electron chi connectivity index (χ0n) is 25.6. The van der Waals surface area contributed by atoms with Gasteiger partial charge in [0.1, 0.15) is 0 Å². The molecule has 1 aromatic rings. The van der Waals surface area contributed by atoms with Gasteiger partial charge in [0.25, 0.3) is 0 Å². The average Bonchev–Trinajstić information content (AvgIpc) is 3.23.